The van der Waals surface area contributed by atoms with E-state index in [1.807, 2.05) is 0 Å². The van der Waals surface area contributed by atoms with Crippen LogP contribution in [0.4, 0.5) is 5.69 Å². The summed E-state index contributed by atoms with van der Waals surface area (Å²) in [5, 5.41) is 0. The van der Waals surface area contributed by atoms with E-state index in [4.69, 9.17) is 11.6 Å². The zero-order chi connectivity index (χ0) is 11.5. The number of halogens is 1. The highest BCUT2D eigenvalue weighted by atomic mass is 35.5. The van der Waals surface area contributed by atoms with Gasteiger partial charge in [0.2, 0.25) is 0 Å². The van der Waals surface area contributed by atoms with Crippen molar-refractivity contribution < 1.29 is 0 Å². The number of nitrogens with zero attached hydrogens (tertiary/aromatic N) is 2. The van der Waals surface area contributed by atoms with Crippen LogP contribution in [-0.2, 0) is 5.88 Å². The van der Waals surface area contributed by atoms with Crippen LogP contribution in [0.2, 0.25) is 0 Å². The maximum absolute atomic E-state index is 5.79. The Labute approximate surface area is 103 Å². The van der Waals surface area contributed by atoms with Crippen molar-refractivity contribution in [1.29, 1.82) is 0 Å². The van der Waals surface area contributed by atoms with E-state index >= 15 is 0 Å². The molecule has 88 valence electrons. The molecule has 1 aliphatic rings. The predicted octanol–water partition coefficient (Wildman–Crippen LogP) is 2.57. The number of hydrogen-bond donors (Lipinski definition) is 0. The highest BCUT2D eigenvalue weighted by molar-refractivity contribution is 6.17. The molecule has 1 atom stereocenters. The lowest BCUT2D eigenvalue weighted by atomic mass is 10.1. The van der Waals surface area contributed by atoms with Gasteiger partial charge in [-0.1, -0.05) is 12.1 Å². The zero-order valence-corrected chi connectivity index (χ0v) is 10.7. The fraction of sp³-hybridized carbons (Fsp3) is 0.538. The average molecular weight is 239 g/mol. The van der Waals surface area contributed by atoms with Crippen molar-refractivity contribution in [2.75, 3.05) is 31.6 Å². The number of hydrogen-bond acceptors (Lipinski definition) is 2. The van der Waals surface area contributed by atoms with Crippen molar-refractivity contribution >= 4 is 17.3 Å². The summed E-state index contributed by atoms with van der Waals surface area (Å²) in [6, 6.07) is 9.18. The number of piperazine rings is 1. The van der Waals surface area contributed by atoms with Gasteiger partial charge in [0.05, 0.1) is 0 Å². The molecule has 1 aromatic carbocycles. The van der Waals surface area contributed by atoms with Gasteiger partial charge in [-0.25, -0.2) is 0 Å². The van der Waals surface area contributed by atoms with Crippen molar-refractivity contribution in [3.63, 3.8) is 0 Å². The van der Waals surface area contributed by atoms with Gasteiger partial charge >= 0.3 is 0 Å². The highest BCUT2D eigenvalue weighted by Crippen LogP contribution is 2.21. The molecule has 0 N–H and O–H groups in total. The van der Waals surface area contributed by atoms with Crippen molar-refractivity contribution in [2.24, 2.45) is 0 Å². The van der Waals surface area contributed by atoms with Gasteiger partial charge in [0.25, 0.3) is 0 Å². The summed E-state index contributed by atoms with van der Waals surface area (Å²) in [5.74, 6) is 0.596. The quantitative estimate of drug-likeness (QED) is 0.731. The van der Waals surface area contributed by atoms with Gasteiger partial charge in [-0.3, -0.25) is 0 Å². The van der Waals surface area contributed by atoms with Crippen LogP contribution in [0.15, 0.2) is 24.3 Å². The van der Waals surface area contributed by atoms with E-state index in [9.17, 15) is 0 Å². The smallest absolute Gasteiger partial charge is 0.0474 e. The molecule has 0 aliphatic carbocycles. The maximum atomic E-state index is 5.79. The fourth-order valence-corrected chi connectivity index (χ4v) is 2.48. The molecule has 0 bridgehead atoms. The van der Waals surface area contributed by atoms with Crippen LogP contribution in [0.3, 0.4) is 0 Å². The normalized spacial score (nSPS) is 22.4. The van der Waals surface area contributed by atoms with Crippen molar-refractivity contribution in [2.45, 2.75) is 18.8 Å². The lowest BCUT2D eigenvalue weighted by Gasteiger charge is -2.39. The minimum Gasteiger partial charge on any atom is -0.366 e. The van der Waals surface area contributed by atoms with Crippen molar-refractivity contribution in [3.8, 4) is 0 Å². The third-order valence-electron chi connectivity index (χ3n) is 3.25. The van der Waals surface area contributed by atoms with Gasteiger partial charge in [0.15, 0.2) is 0 Å². The Balaban J connectivity index is 2.11. The molecule has 16 heavy (non-hydrogen) atoms. The number of likely N-dealkylation sites (N-methyl/N-ethyl adjacent to an activating group) is 1. The second kappa shape index (κ2) is 5.07. The van der Waals surface area contributed by atoms with E-state index in [2.05, 4.69) is 48.0 Å². The third kappa shape index (κ3) is 2.50. The van der Waals surface area contributed by atoms with Crippen LogP contribution in [0.5, 0.6) is 0 Å². The molecule has 1 saturated heterocycles. The molecule has 1 unspecified atom stereocenters. The molecule has 2 rings (SSSR count). The Bertz CT molecular complexity index is 336. The van der Waals surface area contributed by atoms with Gasteiger partial charge < -0.3 is 9.80 Å². The second-order valence-electron chi connectivity index (χ2n) is 4.60. The van der Waals surface area contributed by atoms with Gasteiger partial charge in [-0.2, -0.15) is 0 Å². The summed E-state index contributed by atoms with van der Waals surface area (Å²) < 4.78 is 0. The van der Waals surface area contributed by atoms with Crippen LogP contribution in [0, 0.1) is 0 Å². The first-order valence-electron chi connectivity index (χ1n) is 5.81. The molecular formula is C13H19ClN2. The minimum absolute atomic E-state index is 0.584. The van der Waals surface area contributed by atoms with Crippen LogP contribution in [-0.4, -0.2) is 37.6 Å². The van der Waals surface area contributed by atoms with Crippen LogP contribution in [0.25, 0.3) is 0 Å². The van der Waals surface area contributed by atoms with Gasteiger partial charge in [-0.15, -0.1) is 11.6 Å². The van der Waals surface area contributed by atoms with Crippen molar-refractivity contribution in [1.82, 2.24) is 4.90 Å². The Morgan fingerprint density at radius 3 is 2.50 bits per heavy atom. The molecule has 0 radical (unpaired) electrons. The second-order valence-corrected chi connectivity index (χ2v) is 4.87. The third-order valence-corrected chi connectivity index (χ3v) is 3.56. The van der Waals surface area contributed by atoms with Gasteiger partial charge in [-0.05, 0) is 31.7 Å². The molecule has 0 amide bonds. The van der Waals surface area contributed by atoms with Crippen LogP contribution < -0.4 is 4.90 Å². The lowest BCUT2D eigenvalue weighted by Crippen LogP contribution is -2.50. The minimum atomic E-state index is 0.584. The largest absolute Gasteiger partial charge is 0.366 e. The number of anilines is 1. The average Bonchev–Trinajstić information content (AvgIpc) is 2.29. The Morgan fingerprint density at radius 2 is 1.94 bits per heavy atom. The van der Waals surface area contributed by atoms with E-state index in [1.165, 1.54) is 11.3 Å². The Morgan fingerprint density at radius 1 is 1.25 bits per heavy atom. The molecule has 2 nitrogen and oxygen atoms in total. The first-order chi connectivity index (χ1) is 7.70. The summed E-state index contributed by atoms with van der Waals surface area (Å²) in [6.07, 6.45) is 0. The van der Waals surface area contributed by atoms with Gasteiger partial charge in [0, 0.05) is 37.2 Å². The van der Waals surface area contributed by atoms with E-state index in [-0.39, 0.29) is 0 Å². The molecular weight excluding hydrogens is 220 g/mol. The maximum Gasteiger partial charge on any atom is 0.0474 e. The molecule has 0 spiro atoms. The molecule has 1 heterocycles. The predicted molar refractivity (Wildman–Crippen MR) is 70.3 cm³/mol. The standard InChI is InChI=1S/C13H19ClN2/c1-11-10-15(2)7-8-16(11)13-5-3-12(9-14)4-6-13/h3-6,11H,7-10H2,1-2H3. The van der Waals surface area contributed by atoms with Crippen LogP contribution in [0.1, 0.15) is 12.5 Å². The molecule has 1 aromatic rings. The summed E-state index contributed by atoms with van der Waals surface area (Å²) in [7, 11) is 2.18. The molecule has 3 heteroatoms. The topological polar surface area (TPSA) is 6.48 Å². The van der Waals surface area contributed by atoms with E-state index in [0.717, 1.165) is 19.6 Å². The van der Waals surface area contributed by atoms with Crippen molar-refractivity contribution in [3.05, 3.63) is 29.8 Å². The van der Waals surface area contributed by atoms with E-state index in [1.54, 1.807) is 0 Å². The summed E-state index contributed by atoms with van der Waals surface area (Å²) in [5.41, 5.74) is 2.50. The molecule has 1 aliphatic heterocycles. The molecule has 0 saturated carbocycles. The fourth-order valence-electron chi connectivity index (χ4n) is 2.30. The zero-order valence-electron chi connectivity index (χ0n) is 9.99. The monoisotopic (exact) mass is 238 g/mol. The Kier molecular flexibility index (Phi) is 3.72. The first-order valence-corrected chi connectivity index (χ1v) is 6.34. The Hall–Kier alpha value is -0.730. The first kappa shape index (κ1) is 11.7. The highest BCUT2D eigenvalue weighted by Gasteiger charge is 2.21. The van der Waals surface area contributed by atoms with Crippen LogP contribution >= 0.6 is 11.6 Å². The number of alkyl halides is 1. The summed E-state index contributed by atoms with van der Waals surface area (Å²) >= 11 is 5.79. The lowest BCUT2D eigenvalue weighted by molar-refractivity contribution is 0.275. The summed E-state index contributed by atoms with van der Waals surface area (Å²) in [4.78, 5) is 4.85. The molecule has 0 aromatic heterocycles. The number of rotatable bonds is 2. The SMILES string of the molecule is CC1CN(C)CCN1c1ccc(CCl)cc1. The number of benzene rings is 1. The van der Waals surface area contributed by atoms with E-state index in [0.29, 0.717) is 11.9 Å². The van der Waals surface area contributed by atoms with Gasteiger partial charge in [0.1, 0.15) is 0 Å². The molecule has 1 fully saturated rings. The summed E-state index contributed by atoms with van der Waals surface area (Å²) in [6.45, 7) is 5.67. The van der Waals surface area contributed by atoms with E-state index < -0.39 is 0 Å².